The minimum Gasteiger partial charge on any atom is -0.316 e. The predicted molar refractivity (Wildman–Crippen MR) is 197 cm³/mol. The lowest BCUT2D eigenvalue weighted by Gasteiger charge is -2.12. The van der Waals surface area contributed by atoms with Crippen LogP contribution in [-0.4, -0.2) is 19.1 Å². The van der Waals surface area contributed by atoms with Gasteiger partial charge in [-0.15, -0.1) is 11.3 Å². The molecule has 0 aliphatic carbocycles. The first kappa shape index (κ1) is 26.2. The molecule has 0 unspecified atom stereocenters. The van der Waals surface area contributed by atoms with Crippen molar-refractivity contribution in [2.75, 3.05) is 0 Å². The fourth-order valence-electron chi connectivity index (χ4n) is 7.13. The molecule has 0 radical (unpaired) electrons. The largest absolute Gasteiger partial charge is 0.316 e. The number of fused-ring (bicyclic) bond motifs is 7. The highest BCUT2D eigenvalue weighted by Gasteiger charge is 2.20. The second-order valence-electron chi connectivity index (χ2n) is 11.9. The lowest BCUT2D eigenvalue weighted by atomic mass is 9.97. The van der Waals surface area contributed by atoms with Crippen LogP contribution in [0, 0.1) is 0 Å². The lowest BCUT2D eigenvalue weighted by molar-refractivity contribution is 1.02. The zero-order chi connectivity index (χ0) is 30.9. The van der Waals surface area contributed by atoms with Crippen LogP contribution in [0.4, 0.5) is 0 Å². The summed E-state index contributed by atoms with van der Waals surface area (Å²) in [6.45, 7) is 0. The lowest BCUT2D eigenvalue weighted by Crippen LogP contribution is -2.03. The number of thiophene rings is 1. The third kappa shape index (κ3) is 4.00. The van der Waals surface area contributed by atoms with E-state index in [1.165, 1.54) is 32.7 Å². The predicted octanol–water partition coefficient (Wildman–Crippen LogP) is 11.2. The summed E-state index contributed by atoms with van der Waals surface area (Å²) in [5.41, 5.74) is 9.89. The highest BCUT2D eigenvalue weighted by atomic mass is 32.1. The summed E-state index contributed by atoms with van der Waals surface area (Å²) in [5, 5.41) is 8.15. The van der Waals surface area contributed by atoms with Crippen LogP contribution in [0.15, 0.2) is 157 Å². The zero-order valence-corrected chi connectivity index (χ0v) is 26.0. The van der Waals surface area contributed by atoms with Crippen LogP contribution in [0.2, 0.25) is 0 Å². The first-order chi connectivity index (χ1) is 23.3. The standard InChI is InChI=1S/C42H26N4S/c1-2-11-30(12-3-1)45-25-23-35-37(45)22-21-34-33-14-6-7-16-38(33)46(40(34)35)42-43-36-24-26-47-41(36)39(44-42)29-19-17-28(18-20-29)32-15-8-10-27-9-4-5-13-31(27)32/h1-26H. The molecule has 6 aromatic carbocycles. The number of nitrogens with zero attached hydrogens (tertiary/aromatic N) is 4. The van der Waals surface area contributed by atoms with Gasteiger partial charge < -0.3 is 4.57 Å². The molecule has 0 atom stereocenters. The molecule has 10 rings (SSSR count). The normalized spacial score (nSPS) is 11.8. The van der Waals surface area contributed by atoms with Crippen molar-refractivity contribution in [1.82, 2.24) is 19.1 Å². The molecule has 0 saturated carbocycles. The van der Waals surface area contributed by atoms with E-state index in [0.717, 1.165) is 49.1 Å². The molecule has 0 N–H and O–H groups in total. The van der Waals surface area contributed by atoms with Gasteiger partial charge >= 0.3 is 0 Å². The molecule has 0 aliphatic rings. The molecule has 0 aliphatic heterocycles. The summed E-state index contributed by atoms with van der Waals surface area (Å²) in [6.07, 6.45) is 2.16. The van der Waals surface area contributed by atoms with Crippen LogP contribution in [-0.2, 0) is 0 Å². The molecule has 0 saturated heterocycles. The van der Waals surface area contributed by atoms with Gasteiger partial charge in [0.05, 0.1) is 32.5 Å². The first-order valence-electron chi connectivity index (χ1n) is 15.7. The summed E-state index contributed by atoms with van der Waals surface area (Å²) < 4.78 is 5.60. The molecule has 47 heavy (non-hydrogen) atoms. The van der Waals surface area contributed by atoms with Gasteiger partial charge in [-0.25, -0.2) is 9.97 Å². The maximum Gasteiger partial charge on any atom is 0.235 e. The van der Waals surface area contributed by atoms with Gasteiger partial charge in [0.15, 0.2) is 0 Å². The van der Waals surface area contributed by atoms with Crippen LogP contribution in [0.5, 0.6) is 0 Å². The molecular weight excluding hydrogens is 593 g/mol. The first-order valence-corrected chi connectivity index (χ1v) is 16.6. The van der Waals surface area contributed by atoms with Crippen LogP contribution in [0.1, 0.15) is 0 Å². The molecule has 0 bridgehead atoms. The molecule has 0 amide bonds. The van der Waals surface area contributed by atoms with E-state index in [1.807, 2.05) is 0 Å². The van der Waals surface area contributed by atoms with Crippen LogP contribution in [0.25, 0.3) is 87.7 Å². The Morgan fingerprint density at radius 2 is 1.28 bits per heavy atom. The molecule has 0 spiro atoms. The van der Waals surface area contributed by atoms with E-state index in [9.17, 15) is 0 Å². The number of hydrogen-bond acceptors (Lipinski definition) is 3. The van der Waals surface area contributed by atoms with Gasteiger partial charge in [0.25, 0.3) is 0 Å². The molecule has 0 fully saturated rings. The Labute approximate surface area is 274 Å². The van der Waals surface area contributed by atoms with E-state index in [2.05, 4.69) is 166 Å². The highest BCUT2D eigenvalue weighted by Crippen LogP contribution is 2.39. The molecule has 4 nitrogen and oxygen atoms in total. The third-order valence-electron chi connectivity index (χ3n) is 9.29. The molecular formula is C42H26N4S. The van der Waals surface area contributed by atoms with E-state index < -0.39 is 0 Å². The second kappa shape index (κ2) is 10.2. The van der Waals surface area contributed by atoms with Gasteiger partial charge in [-0.1, -0.05) is 109 Å². The highest BCUT2D eigenvalue weighted by molar-refractivity contribution is 7.17. The monoisotopic (exact) mass is 618 g/mol. The van der Waals surface area contributed by atoms with Crippen molar-refractivity contribution in [1.29, 1.82) is 0 Å². The van der Waals surface area contributed by atoms with Crippen molar-refractivity contribution < 1.29 is 0 Å². The minimum atomic E-state index is 0.676. The van der Waals surface area contributed by atoms with E-state index in [0.29, 0.717) is 5.95 Å². The van der Waals surface area contributed by atoms with Gasteiger partial charge in [0, 0.05) is 33.6 Å². The summed E-state index contributed by atoms with van der Waals surface area (Å²) in [7, 11) is 0. The van der Waals surface area contributed by atoms with Gasteiger partial charge in [-0.2, -0.15) is 0 Å². The maximum atomic E-state index is 5.37. The second-order valence-corrected chi connectivity index (χ2v) is 12.8. The number of benzene rings is 6. The Morgan fingerprint density at radius 1 is 0.511 bits per heavy atom. The molecule has 5 heteroatoms. The van der Waals surface area contributed by atoms with E-state index in [-0.39, 0.29) is 0 Å². The Morgan fingerprint density at radius 3 is 2.17 bits per heavy atom. The van der Waals surface area contributed by atoms with E-state index in [4.69, 9.17) is 9.97 Å². The Balaban J connectivity index is 1.19. The Hall–Kier alpha value is -6.04. The van der Waals surface area contributed by atoms with E-state index in [1.54, 1.807) is 11.3 Å². The number of rotatable bonds is 4. The fourth-order valence-corrected chi connectivity index (χ4v) is 7.97. The number of hydrogen-bond donors (Lipinski definition) is 0. The zero-order valence-electron chi connectivity index (χ0n) is 25.2. The molecule has 4 aromatic heterocycles. The van der Waals surface area contributed by atoms with Crippen molar-refractivity contribution in [3.05, 3.63) is 157 Å². The molecule has 10 aromatic rings. The summed E-state index contributed by atoms with van der Waals surface area (Å²) in [6, 6.07) is 51.8. The average Bonchev–Trinajstić information content (AvgIpc) is 3.87. The Bertz CT molecular complexity index is 2780. The molecule has 4 heterocycles. The summed E-state index contributed by atoms with van der Waals surface area (Å²) in [5.74, 6) is 0.676. The van der Waals surface area contributed by atoms with Crippen molar-refractivity contribution in [2.24, 2.45) is 0 Å². The fraction of sp³-hybridized carbons (Fsp3) is 0. The quantitative estimate of drug-likeness (QED) is 0.197. The van der Waals surface area contributed by atoms with Crippen molar-refractivity contribution >= 4 is 65.0 Å². The van der Waals surface area contributed by atoms with Crippen LogP contribution in [0.3, 0.4) is 0 Å². The van der Waals surface area contributed by atoms with Crippen LogP contribution < -0.4 is 0 Å². The average molecular weight is 619 g/mol. The van der Waals surface area contributed by atoms with Gasteiger partial charge in [0.2, 0.25) is 5.95 Å². The maximum absolute atomic E-state index is 5.37. The van der Waals surface area contributed by atoms with Gasteiger partial charge in [0.1, 0.15) is 0 Å². The summed E-state index contributed by atoms with van der Waals surface area (Å²) >= 11 is 1.69. The SMILES string of the molecule is c1ccc(-n2ccc3c2ccc2c4ccccc4n(-c4nc(-c5ccc(-c6cccc7ccccc67)cc5)c5sccc5n4)c23)cc1. The smallest absolute Gasteiger partial charge is 0.235 e. The van der Waals surface area contributed by atoms with Crippen molar-refractivity contribution in [3.8, 4) is 34.0 Å². The van der Waals surface area contributed by atoms with Crippen molar-refractivity contribution in [2.45, 2.75) is 0 Å². The van der Waals surface area contributed by atoms with Gasteiger partial charge in [-0.05, 0) is 63.7 Å². The minimum absolute atomic E-state index is 0.676. The molecule has 220 valence electrons. The number of para-hydroxylation sites is 2. The number of aromatic nitrogens is 4. The van der Waals surface area contributed by atoms with E-state index >= 15 is 0 Å². The topological polar surface area (TPSA) is 35.6 Å². The Kier molecular flexibility index (Phi) is 5.71. The summed E-state index contributed by atoms with van der Waals surface area (Å²) in [4.78, 5) is 10.6. The third-order valence-corrected chi connectivity index (χ3v) is 10.2. The van der Waals surface area contributed by atoms with Crippen molar-refractivity contribution in [3.63, 3.8) is 0 Å². The van der Waals surface area contributed by atoms with Gasteiger partial charge in [-0.3, -0.25) is 4.57 Å². The van der Waals surface area contributed by atoms with Crippen LogP contribution >= 0.6 is 11.3 Å².